The maximum absolute atomic E-state index is 4.36. The van der Waals surface area contributed by atoms with E-state index in [0.29, 0.717) is 0 Å². The molecule has 0 saturated carbocycles. The third-order valence-corrected chi connectivity index (χ3v) is 4.90. The van der Waals surface area contributed by atoms with E-state index in [0.717, 1.165) is 25.5 Å². The fourth-order valence-electron chi connectivity index (χ4n) is 1.77. The van der Waals surface area contributed by atoms with Gasteiger partial charge in [0.2, 0.25) is 0 Å². The summed E-state index contributed by atoms with van der Waals surface area (Å²) in [5.41, 5.74) is 1.33. The fourth-order valence-corrected chi connectivity index (χ4v) is 3.41. The van der Waals surface area contributed by atoms with Crippen molar-refractivity contribution in [2.24, 2.45) is 4.99 Å². The molecule has 0 amide bonds. The molecule has 2 heterocycles. The fraction of sp³-hybridized carbons (Fsp3) is 0.429. The molecule has 0 saturated heterocycles. The second-order valence-corrected chi connectivity index (χ2v) is 6.81. The molecule has 0 aromatic carbocycles. The van der Waals surface area contributed by atoms with Crippen LogP contribution in [0.5, 0.6) is 0 Å². The Morgan fingerprint density at radius 1 is 1.33 bits per heavy atom. The maximum Gasteiger partial charge on any atom is 0.191 e. The predicted molar refractivity (Wildman–Crippen MR) is 103 cm³/mol. The molecule has 7 heteroatoms. The van der Waals surface area contributed by atoms with Gasteiger partial charge in [-0.05, 0) is 30.9 Å². The number of halogens is 1. The Balaban J connectivity index is 0.00000220. The number of aryl methyl sites for hydroxylation is 2. The van der Waals surface area contributed by atoms with Crippen LogP contribution in [0.3, 0.4) is 0 Å². The van der Waals surface area contributed by atoms with E-state index >= 15 is 0 Å². The highest BCUT2D eigenvalue weighted by Gasteiger charge is 2.03. The lowest BCUT2D eigenvalue weighted by molar-refractivity contribution is 0.795. The lowest BCUT2D eigenvalue weighted by Gasteiger charge is -2.11. The first kappa shape index (κ1) is 18.4. The van der Waals surface area contributed by atoms with E-state index < -0.39 is 0 Å². The van der Waals surface area contributed by atoms with Crippen molar-refractivity contribution in [1.29, 1.82) is 0 Å². The summed E-state index contributed by atoms with van der Waals surface area (Å²) in [6, 6.07) is 2.14. The minimum Gasteiger partial charge on any atom is -0.356 e. The smallest absolute Gasteiger partial charge is 0.191 e. The summed E-state index contributed by atoms with van der Waals surface area (Å²) < 4.78 is 0. The van der Waals surface area contributed by atoms with Crippen molar-refractivity contribution in [2.75, 3.05) is 13.6 Å². The molecule has 116 valence electrons. The Hall–Kier alpha value is -0.670. The van der Waals surface area contributed by atoms with Gasteiger partial charge in [-0.2, -0.15) is 0 Å². The molecule has 2 aromatic heterocycles. The Kier molecular flexibility index (Phi) is 8.20. The van der Waals surface area contributed by atoms with Crippen LogP contribution < -0.4 is 10.6 Å². The molecule has 0 fully saturated rings. The highest BCUT2D eigenvalue weighted by atomic mass is 127. The minimum atomic E-state index is 0. The number of thiazole rings is 1. The summed E-state index contributed by atoms with van der Waals surface area (Å²) in [5, 5.41) is 9.94. The largest absolute Gasteiger partial charge is 0.356 e. The number of nitrogens with zero attached hydrogens (tertiary/aromatic N) is 2. The summed E-state index contributed by atoms with van der Waals surface area (Å²) in [6.45, 7) is 5.88. The number of thiophene rings is 1. The van der Waals surface area contributed by atoms with Gasteiger partial charge in [0.25, 0.3) is 0 Å². The number of rotatable bonds is 5. The van der Waals surface area contributed by atoms with E-state index in [4.69, 9.17) is 0 Å². The van der Waals surface area contributed by atoms with Gasteiger partial charge in [0, 0.05) is 36.0 Å². The molecule has 21 heavy (non-hydrogen) atoms. The summed E-state index contributed by atoms with van der Waals surface area (Å²) in [7, 11) is 1.80. The highest BCUT2D eigenvalue weighted by Crippen LogP contribution is 2.14. The van der Waals surface area contributed by atoms with E-state index in [1.54, 1.807) is 29.7 Å². The van der Waals surface area contributed by atoms with E-state index in [9.17, 15) is 0 Å². The van der Waals surface area contributed by atoms with E-state index in [1.165, 1.54) is 20.3 Å². The van der Waals surface area contributed by atoms with Crippen molar-refractivity contribution in [3.63, 3.8) is 0 Å². The number of guanidine groups is 1. The van der Waals surface area contributed by atoms with Crippen molar-refractivity contribution in [3.8, 4) is 0 Å². The molecule has 2 rings (SSSR count). The van der Waals surface area contributed by atoms with E-state index in [2.05, 4.69) is 45.9 Å². The third-order valence-electron chi connectivity index (χ3n) is 2.91. The summed E-state index contributed by atoms with van der Waals surface area (Å²) in [6.07, 6.45) is 2.85. The minimum absolute atomic E-state index is 0. The predicted octanol–water partition coefficient (Wildman–Crippen LogP) is 3.35. The van der Waals surface area contributed by atoms with Crippen molar-refractivity contribution in [1.82, 2.24) is 15.6 Å². The van der Waals surface area contributed by atoms with Gasteiger partial charge in [-0.25, -0.2) is 4.98 Å². The normalized spacial score (nSPS) is 11.1. The molecule has 0 aliphatic carbocycles. The Morgan fingerprint density at radius 3 is 2.71 bits per heavy atom. The second kappa shape index (κ2) is 9.37. The highest BCUT2D eigenvalue weighted by molar-refractivity contribution is 14.0. The van der Waals surface area contributed by atoms with Crippen LogP contribution in [0.2, 0.25) is 0 Å². The molecule has 0 unspecified atom stereocenters. The van der Waals surface area contributed by atoms with Crippen LogP contribution in [-0.4, -0.2) is 24.5 Å². The van der Waals surface area contributed by atoms with Gasteiger partial charge in [0.05, 0.1) is 11.6 Å². The molecule has 4 nitrogen and oxygen atoms in total. The van der Waals surface area contributed by atoms with E-state index in [1.807, 2.05) is 6.20 Å². The average molecular weight is 436 g/mol. The van der Waals surface area contributed by atoms with Gasteiger partial charge in [0.15, 0.2) is 5.96 Å². The van der Waals surface area contributed by atoms with Crippen LogP contribution in [0.15, 0.2) is 22.6 Å². The van der Waals surface area contributed by atoms with Gasteiger partial charge in [-0.15, -0.1) is 46.7 Å². The summed E-state index contributed by atoms with van der Waals surface area (Å²) in [5.74, 6) is 0.839. The summed E-state index contributed by atoms with van der Waals surface area (Å²) >= 11 is 3.52. The van der Waals surface area contributed by atoms with Gasteiger partial charge in [0.1, 0.15) is 0 Å². The molecule has 0 aliphatic heterocycles. The molecular weight excluding hydrogens is 415 g/mol. The van der Waals surface area contributed by atoms with Crippen LogP contribution in [0, 0.1) is 13.8 Å². The lowest BCUT2D eigenvalue weighted by Crippen LogP contribution is -2.37. The number of hydrogen-bond acceptors (Lipinski definition) is 4. The van der Waals surface area contributed by atoms with E-state index in [-0.39, 0.29) is 24.0 Å². The topological polar surface area (TPSA) is 49.3 Å². The first-order valence-electron chi connectivity index (χ1n) is 6.58. The first-order chi connectivity index (χ1) is 9.69. The van der Waals surface area contributed by atoms with Crippen LogP contribution >= 0.6 is 46.7 Å². The Bertz CT molecular complexity index is 577. The number of hydrogen-bond donors (Lipinski definition) is 2. The Labute approximate surface area is 151 Å². The van der Waals surface area contributed by atoms with Gasteiger partial charge < -0.3 is 10.6 Å². The SMILES string of the molecule is CN=C(NCCc1ncc(C)s1)NCc1sccc1C.I. The lowest BCUT2D eigenvalue weighted by atomic mass is 10.3. The zero-order valence-corrected chi connectivity index (χ0v) is 16.4. The van der Waals surface area contributed by atoms with Crippen LogP contribution in [0.25, 0.3) is 0 Å². The molecule has 0 aliphatic rings. The number of aromatic nitrogens is 1. The molecule has 2 aromatic rings. The zero-order valence-electron chi connectivity index (χ0n) is 12.5. The first-order valence-corrected chi connectivity index (χ1v) is 8.27. The monoisotopic (exact) mass is 436 g/mol. The molecular formula is C14H21IN4S2. The molecule has 0 atom stereocenters. The van der Waals surface area contributed by atoms with Crippen LogP contribution in [0.1, 0.15) is 20.3 Å². The van der Waals surface area contributed by atoms with Crippen LogP contribution in [-0.2, 0) is 13.0 Å². The van der Waals surface area contributed by atoms with Gasteiger partial charge in [-0.1, -0.05) is 0 Å². The number of aliphatic imine (C=N–C) groups is 1. The average Bonchev–Trinajstić information content (AvgIpc) is 3.03. The van der Waals surface area contributed by atoms with Gasteiger partial charge in [-0.3, -0.25) is 4.99 Å². The van der Waals surface area contributed by atoms with Crippen molar-refractivity contribution >= 4 is 52.6 Å². The standard InChI is InChI=1S/C14H20N4S2.HI/c1-10-5-7-19-12(10)9-18-14(15-3)16-6-4-13-17-8-11(2)20-13;/h5,7-8H,4,6,9H2,1-3H3,(H2,15,16,18);1H. The zero-order chi connectivity index (χ0) is 14.4. The number of nitrogens with one attached hydrogen (secondary N) is 2. The Morgan fingerprint density at radius 2 is 2.14 bits per heavy atom. The summed E-state index contributed by atoms with van der Waals surface area (Å²) in [4.78, 5) is 11.2. The second-order valence-electron chi connectivity index (χ2n) is 4.49. The van der Waals surface area contributed by atoms with Crippen LogP contribution in [0.4, 0.5) is 0 Å². The van der Waals surface area contributed by atoms with Crippen molar-refractivity contribution in [2.45, 2.75) is 26.8 Å². The molecule has 0 bridgehead atoms. The molecule has 2 N–H and O–H groups in total. The van der Waals surface area contributed by atoms with Crippen molar-refractivity contribution in [3.05, 3.63) is 38.0 Å². The maximum atomic E-state index is 4.36. The quantitative estimate of drug-likeness (QED) is 0.430. The molecule has 0 radical (unpaired) electrons. The molecule has 0 spiro atoms. The third kappa shape index (κ3) is 5.91. The van der Waals surface area contributed by atoms with Crippen molar-refractivity contribution < 1.29 is 0 Å². The van der Waals surface area contributed by atoms with Gasteiger partial charge >= 0.3 is 0 Å².